The first-order valence-corrected chi connectivity index (χ1v) is 8.31. The molecule has 0 saturated heterocycles. The number of nitrogens with zero attached hydrogens (tertiary/aromatic N) is 5. The van der Waals surface area contributed by atoms with E-state index in [-0.39, 0.29) is 0 Å². The first-order chi connectivity index (χ1) is 12.0. The molecule has 7 heteroatoms. The highest BCUT2D eigenvalue weighted by Crippen LogP contribution is 2.17. The van der Waals surface area contributed by atoms with Gasteiger partial charge in [0.1, 0.15) is 12.4 Å². The van der Waals surface area contributed by atoms with Crippen molar-refractivity contribution in [1.82, 2.24) is 24.5 Å². The number of nitrogens with one attached hydrogen (secondary N) is 1. The maximum absolute atomic E-state index is 5.69. The second kappa shape index (κ2) is 7.48. The van der Waals surface area contributed by atoms with Crippen LogP contribution in [0.25, 0.3) is 5.65 Å². The van der Waals surface area contributed by atoms with Gasteiger partial charge in [-0.15, -0.1) is 0 Å². The van der Waals surface area contributed by atoms with Gasteiger partial charge in [-0.3, -0.25) is 0 Å². The summed E-state index contributed by atoms with van der Waals surface area (Å²) in [5, 5.41) is 7.82. The van der Waals surface area contributed by atoms with Gasteiger partial charge in [-0.2, -0.15) is 9.61 Å². The second-order valence-electron chi connectivity index (χ2n) is 6.35. The zero-order valence-corrected chi connectivity index (χ0v) is 15.2. The van der Waals surface area contributed by atoms with Gasteiger partial charge in [-0.1, -0.05) is 0 Å². The zero-order chi connectivity index (χ0) is 17.8. The molecule has 0 radical (unpaired) electrons. The fraction of sp³-hybridized carbons (Fsp3) is 0.389. The summed E-state index contributed by atoms with van der Waals surface area (Å²) in [5.74, 6) is 1.56. The molecule has 0 aliphatic rings. The van der Waals surface area contributed by atoms with E-state index in [0.29, 0.717) is 19.0 Å². The quantitative estimate of drug-likeness (QED) is 0.712. The Morgan fingerprint density at radius 1 is 1.24 bits per heavy atom. The van der Waals surface area contributed by atoms with E-state index in [9.17, 15) is 0 Å². The zero-order valence-electron chi connectivity index (χ0n) is 15.2. The minimum atomic E-state index is 0.619. The summed E-state index contributed by atoms with van der Waals surface area (Å²) in [6, 6.07) is 5.93. The Balaban J connectivity index is 1.70. The van der Waals surface area contributed by atoms with E-state index in [1.165, 1.54) is 0 Å². The topological polar surface area (TPSA) is 67.6 Å². The summed E-state index contributed by atoms with van der Waals surface area (Å²) in [6.45, 7) is 6.13. The predicted octanol–water partition coefficient (Wildman–Crippen LogP) is 2.29. The minimum Gasteiger partial charge on any atom is -0.476 e. The summed E-state index contributed by atoms with van der Waals surface area (Å²) in [7, 11) is 4.04. The molecule has 0 atom stereocenters. The molecule has 3 rings (SSSR count). The molecule has 7 nitrogen and oxygen atoms in total. The molecular formula is C18H24N6O. The van der Waals surface area contributed by atoms with Crippen LogP contribution >= 0.6 is 0 Å². The highest BCUT2D eigenvalue weighted by molar-refractivity contribution is 5.53. The lowest BCUT2D eigenvalue weighted by Gasteiger charge is -2.12. The van der Waals surface area contributed by atoms with Crippen molar-refractivity contribution in [2.24, 2.45) is 0 Å². The van der Waals surface area contributed by atoms with Crippen LogP contribution in [0.1, 0.15) is 16.8 Å². The summed E-state index contributed by atoms with van der Waals surface area (Å²) < 4.78 is 7.53. The summed E-state index contributed by atoms with van der Waals surface area (Å²) in [6.07, 6.45) is 3.60. The van der Waals surface area contributed by atoms with Crippen molar-refractivity contribution in [2.45, 2.75) is 20.4 Å². The molecule has 132 valence electrons. The minimum absolute atomic E-state index is 0.619. The van der Waals surface area contributed by atoms with Crippen LogP contribution in [0.5, 0.6) is 5.88 Å². The molecule has 25 heavy (non-hydrogen) atoms. The molecule has 0 unspecified atom stereocenters. The third-order valence-electron chi connectivity index (χ3n) is 3.84. The van der Waals surface area contributed by atoms with E-state index in [1.54, 1.807) is 6.20 Å². The lowest BCUT2D eigenvalue weighted by atomic mass is 10.2. The molecule has 0 spiro atoms. The van der Waals surface area contributed by atoms with Gasteiger partial charge in [0.2, 0.25) is 5.88 Å². The van der Waals surface area contributed by atoms with E-state index in [4.69, 9.17) is 4.74 Å². The number of hydrogen-bond acceptors (Lipinski definition) is 6. The molecule has 0 aromatic carbocycles. The maximum Gasteiger partial charge on any atom is 0.213 e. The molecule has 0 aliphatic heterocycles. The SMILES string of the molecule is Cc1cc(NCc2ccnc(OCCN(C)C)c2)n2ncc(C)c2n1. The molecular weight excluding hydrogens is 316 g/mol. The third-order valence-corrected chi connectivity index (χ3v) is 3.84. The van der Waals surface area contributed by atoms with Crippen LogP contribution in [0.4, 0.5) is 5.82 Å². The molecule has 0 aliphatic carbocycles. The van der Waals surface area contributed by atoms with Crippen molar-refractivity contribution in [3.8, 4) is 5.88 Å². The summed E-state index contributed by atoms with van der Waals surface area (Å²) >= 11 is 0. The number of hydrogen-bond donors (Lipinski definition) is 1. The second-order valence-corrected chi connectivity index (χ2v) is 6.35. The summed E-state index contributed by atoms with van der Waals surface area (Å²) in [4.78, 5) is 10.9. The van der Waals surface area contributed by atoms with Crippen molar-refractivity contribution >= 4 is 11.5 Å². The molecule has 1 N–H and O–H groups in total. The molecule has 3 aromatic rings. The number of pyridine rings is 1. The molecule has 0 amide bonds. The molecule has 3 heterocycles. The average molecular weight is 340 g/mol. The number of fused-ring (bicyclic) bond motifs is 1. The number of ether oxygens (including phenoxy) is 1. The number of aromatic nitrogens is 4. The molecule has 0 saturated carbocycles. The smallest absolute Gasteiger partial charge is 0.213 e. The van der Waals surface area contributed by atoms with E-state index in [0.717, 1.165) is 34.8 Å². The van der Waals surface area contributed by atoms with E-state index in [2.05, 4.69) is 25.3 Å². The van der Waals surface area contributed by atoms with Crippen molar-refractivity contribution < 1.29 is 4.74 Å². The average Bonchev–Trinajstić information content (AvgIpc) is 2.94. The van der Waals surface area contributed by atoms with Gasteiger partial charge in [-0.05, 0) is 39.6 Å². The Bertz CT molecular complexity index is 858. The fourth-order valence-corrected chi connectivity index (χ4v) is 2.48. The van der Waals surface area contributed by atoms with Crippen molar-refractivity contribution in [2.75, 3.05) is 32.6 Å². The highest BCUT2D eigenvalue weighted by atomic mass is 16.5. The Labute approximate surface area is 147 Å². The van der Waals surface area contributed by atoms with Crippen molar-refractivity contribution in [3.05, 3.63) is 47.4 Å². The van der Waals surface area contributed by atoms with Crippen LogP contribution in [0.2, 0.25) is 0 Å². The standard InChI is InChI=1S/C18H24N6O/c1-13-11-21-24-16(9-14(2)22-18(13)24)20-12-15-5-6-19-17(10-15)25-8-7-23(3)4/h5-6,9-11,20H,7-8,12H2,1-4H3. The number of aryl methyl sites for hydroxylation is 2. The van der Waals surface area contributed by atoms with Gasteiger partial charge in [0.05, 0.1) is 6.20 Å². The number of likely N-dealkylation sites (N-methyl/N-ethyl adjacent to an activating group) is 1. The van der Waals surface area contributed by atoms with Crippen LogP contribution in [0.3, 0.4) is 0 Å². The third kappa shape index (κ3) is 4.24. The Kier molecular flexibility index (Phi) is 5.14. The van der Waals surface area contributed by atoms with E-state index in [1.807, 2.05) is 56.9 Å². The fourth-order valence-electron chi connectivity index (χ4n) is 2.48. The Hall–Kier alpha value is -2.67. The lowest BCUT2D eigenvalue weighted by molar-refractivity contribution is 0.253. The van der Waals surface area contributed by atoms with Crippen molar-refractivity contribution in [3.63, 3.8) is 0 Å². The van der Waals surface area contributed by atoms with Crippen LogP contribution in [0.15, 0.2) is 30.6 Å². The molecule has 3 aromatic heterocycles. The van der Waals surface area contributed by atoms with Gasteiger partial charge < -0.3 is 15.0 Å². The van der Waals surface area contributed by atoms with Gasteiger partial charge in [-0.25, -0.2) is 9.97 Å². The van der Waals surface area contributed by atoms with E-state index < -0.39 is 0 Å². The summed E-state index contributed by atoms with van der Waals surface area (Å²) in [5.41, 5.74) is 4.00. The largest absolute Gasteiger partial charge is 0.476 e. The van der Waals surface area contributed by atoms with Gasteiger partial charge >= 0.3 is 0 Å². The van der Waals surface area contributed by atoms with Gasteiger partial charge in [0, 0.05) is 42.7 Å². The lowest BCUT2D eigenvalue weighted by Crippen LogP contribution is -2.19. The molecule has 0 fully saturated rings. The van der Waals surface area contributed by atoms with Gasteiger partial charge in [0.25, 0.3) is 0 Å². The van der Waals surface area contributed by atoms with Crippen LogP contribution in [-0.2, 0) is 6.54 Å². The van der Waals surface area contributed by atoms with E-state index >= 15 is 0 Å². The number of rotatable bonds is 7. The normalized spacial score (nSPS) is 11.2. The van der Waals surface area contributed by atoms with Crippen LogP contribution in [0, 0.1) is 13.8 Å². The molecule has 0 bridgehead atoms. The first kappa shape index (κ1) is 17.2. The Morgan fingerprint density at radius 2 is 2.08 bits per heavy atom. The Morgan fingerprint density at radius 3 is 2.88 bits per heavy atom. The van der Waals surface area contributed by atoms with Crippen LogP contribution in [-0.4, -0.2) is 51.7 Å². The predicted molar refractivity (Wildman–Crippen MR) is 98.1 cm³/mol. The van der Waals surface area contributed by atoms with Crippen molar-refractivity contribution in [1.29, 1.82) is 0 Å². The maximum atomic E-state index is 5.69. The highest BCUT2D eigenvalue weighted by Gasteiger charge is 2.08. The number of anilines is 1. The monoisotopic (exact) mass is 340 g/mol. The van der Waals surface area contributed by atoms with Gasteiger partial charge in [0.15, 0.2) is 5.65 Å². The van der Waals surface area contributed by atoms with Crippen LogP contribution < -0.4 is 10.1 Å². The first-order valence-electron chi connectivity index (χ1n) is 8.31.